The fourth-order valence-electron chi connectivity index (χ4n) is 4.58. The molecule has 1 aliphatic carbocycles. The third-order valence-electron chi connectivity index (χ3n) is 6.33. The molecule has 1 atom stereocenters. The molecule has 0 fully saturated rings. The van der Waals surface area contributed by atoms with Gasteiger partial charge in [-0.05, 0) is 61.6 Å². The summed E-state index contributed by atoms with van der Waals surface area (Å²) < 4.78 is 20.2. The Morgan fingerprint density at radius 1 is 1.21 bits per heavy atom. The first-order valence-electron chi connectivity index (χ1n) is 11.2. The van der Waals surface area contributed by atoms with Gasteiger partial charge in [-0.2, -0.15) is 0 Å². The maximum atomic E-state index is 13.3. The number of aryl methyl sites for hydroxylation is 1. The molecule has 0 saturated heterocycles. The van der Waals surface area contributed by atoms with Crippen molar-refractivity contribution in [3.63, 3.8) is 0 Å². The number of hydrogen-bond acceptors (Lipinski definition) is 5. The van der Waals surface area contributed by atoms with Crippen molar-refractivity contribution in [2.24, 2.45) is 0 Å². The minimum atomic E-state index is -0.202. The zero-order valence-electron chi connectivity index (χ0n) is 18.5. The molecule has 5 nitrogen and oxygen atoms in total. The summed E-state index contributed by atoms with van der Waals surface area (Å²) in [6.07, 6.45) is 5.29. The molecule has 0 saturated carbocycles. The van der Waals surface area contributed by atoms with Crippen LogP contribution in [0, 0.1) is 5.82 Å². The highest BCUT2D eigenvalue weighted by Crippen LogP contribution is 2.33. The average Bonchev–Trinajstić information content (AvgIpc) is 3.21. The number of methoxy groups -OCH3 is 1. The number of nitrogens with zero attached hydrogens (tertiary/aromatic N) is 2. The second kappa shape index (κ2) is 9.45. The van der Waals surface area contributed by atoms with Crippen molar-refractivity contribution in [1.82, 2.24) is 14.9 Å². The molecule has 0 bridgehead atoms. The van der Waals surface area contributed by atoms with Gasteiger partial charge in [-0.15, -0.1) is 11.3 Å². The van der Waals surface area contributed by atoms with Crippen molar-refractivity contribution in [2.45, 2.75) is 38.3 Å². The molecule has 0 unspecified atom stereocenters. The third kappa shape index (κ3) is 4.56. The Hall–Kier alpha value is -3.03. The van der Waals surface area contributed by atoms with Crippen molar-refractivity contribution < 1.29 is 9.13 Å². The van der Waals surface area contributed by atoms with Crippen LogP contribution in [0.4, 0.5) is 4.39 Å². The Balaban J connectivity index is 1.31. The van der Waals surface area contributed by atoms with E-state index in [1.54, 1.807) is 29.3 Å². The van der Waals surface area contributed by atoms with Gasteiger partial charge in [0.25, 0.3) is 5.56 Å². The maximum Gasteiger partial charge on any atom is 0.262 e. The predicted octanol–water partition coefficient (Wildman–Crippen LogP) is 4.34. The van der Waals surface area contributed by atoms with E-state index in [1.807, 2.05) is 36.4 Å². The molecule has 170 valence electrons. The topological polar surface area (TPSA) is 56.2 Å². The Kier molecular flexibility index (Phi) is 6.24. The second-order valence-corrected chi connectivity index (χ2v) is 9.53. The van der Waals surface area contributed by atoms with Gasteiger partial charge in [0.05, 0.1) is 25.4 Å². The van der Waals surface area contributed by atoms with Crippen LogP contribution in [0.2, 0.25) is 0 Å². The van der Waals surface area contributed by atoms with Crippen molar-refractivity contribution in [3.8, 4) is 5.75 Å². The molecule has 1 aliphatic rings. The maximum absolute atomic E-state index is 13.3. The van der Waals surface area contributed by atoms with Crippen molar-refractivity contribution in [2.75, 3.05) is 13.7 Å². The van der Waals surface area contributed by atoms with E-state index in [1.165, 1.54) is 22.6 Å². The number of ether oxygens (including phenoxy) is 1. The summed E-state index contributed by atoms with van der Waals surface area (Å²) in [5.74, 6) is 0.568. The quantitative estimate of drug-likeness (QED) is 0.443. The summed E-state index contributed by atoms with van der Waals surface area (Å²) in [7, 11) is 1.64. The fraction of sp³-hybridized carbons (Fsp3) is 0.308. The molecule has 5 rings (SSSR count). The highest BCUT2D eigenvalue weighted by Gasteiger charge is 2.25. The molecule has 2 heterocycles. The lowest BCUT2D eigenvalue weighted by Crippen LogP contribution is -2.35. The lowest BCUT2D eigenvalue weighted by molar-refractivity contribution is 0.408. The second-order valence-electron chi connectivity index (χ2n) is 8.44. The van der Waals surface area contributed by atoms with Crippen LogP contribution in [-0.2, 0) is 25.8 Å². The lowest BCUT2D eigenvalue weighted by Gasteiger charge is -2.23. The number of para-hydroxylation sites is 1. The summed E-state index contributed by atoms with van der Waals surface area (Å²) in [5.41, 5.74) is 3.27. The van der Waals surface area contributed by atoms with E-state index < -0.39 is 0 Å². The first-order valence-corrected chi connectivity index (χ1v) is 12.0. The van der Waals surface area contributed by atoms with E-state index in [-0.39, 0.29) is 11.4 Å². The summed E-state index contributed by atoms with van der Waals surface area (Å²) in [4.78, 5) is 20.1. The number of halogens is 1. The van der Waals surface area contributed by atoms with E-state index in [0.29, 0.717) is 12.6 Å². The van der Waals surface area contributed by atoms with Gasteiger partial charge in [0.15, 0.2) is 0 Å². The molecule has 0 radical (unpaired) electrons. The molecule has 1 N–H and O–H groups in total. The minimum Gasteiger partial charge on any atom is -0.496 e. The number of benzene rings is 2. The highest BCUT2D eigenvalue weighted by atomic mass is 32.1. The van der Waals surface area contributed by atoms with E-state index in [0.717, 1.165) is 59.3 Å². The number of aromatic nitrogens is 2. The number of nitrogens with one attached hydrogen (secondary N) is 1. The molecule has 33 heavy (non-hydrogen) atoms. The van der Waals surface area contributed by atoms with Gasteiger partial charge in [0, 0.05) is 16.5 Å². The number of thiophene rings is 1. The standard InChI is InChI=1S/C26H26FN3O2S/c1-32-22-5-3-2-4-18(22)15-30-16-29-25-24(26(30)31)21-11-10-20(14-23(21)33-25)28-13-12-17-6-8-19(27)9-7-17/h2-9,16,20,28H,10-15H2,1H3/t20-/m1/s1. The van der Waals surface area contributed by atoms with Gasteiger partial charge in [-0.25, -0.2) is 9.37 Å². The molecule has 2 aromatic heterocycles. The van der Waals surface area contributed by atoms with E-state index in [4.69, 9.17) is 4.74 Å². The van der Waals surface area contributed by atoms with Gasteiger partial charge in [0.2, 0.25) is 0 Å². The van der Waals surface area contributed by atoms with Crippen LogP contribution in [-0.4, -0.2) is 29.2 Å². The SMILES string of the molecule is COc1ccccc1Cn1cnc2sc3c(c2c1=O)CC[C@@H](NCCc1ccc(F)cc1)C3. The minimum absolute atomic E-state index is 0.0196. The monoisotopic (exact) mass is 463 g/mol. The summed E-state index contributed by atoms with van der Waals surface area (Å²) >= 11 is 1.64. The van der Waals surface area contributed by atoms with Gasteiger partial charge >= 0.3 is 0 Å². The summed E-state index contributed by atoms with van der Waals surface area (Å²) in [6, 6.07) is 14.8. The van der Waals surface area contributed by atoms with Crippen LogP contribution in [0.25, 0.3) is 10.2 Å². The van der Waals surface area contributed by atoms with Crippen LogP contribution in [0.3, 0.4) is 0 Å². The van der Waals surface area contributed by atoms with Gasteiger partial charge in [0.1, 0.15) is 16.4 Å². The first-order chi connectivity index (χ1) is 16.1. The third-order valence-corrected chi connectivity index (χ3v) is 7.49. The van der Waals surface area contributed by atoms with E-state index in [2.05, 4.69) is 10.3 Å². The molecule has 0 aliphatic heterocycles. The van der Waals surface area contributed by atoms with E-state index >= 15 is 0 Å². The van der Waals surface area contributed by atoms with E-state index in [9.17, 15) is 9.18 Å². The number of rotatable bonds is 7. The molecule has 7 heteroatoms. The van der Waals surface area contributed by atoms with Crippen LogP contribution >= 0.6 is 11.3 Å². The Morgan fingerprint density at radius 3 is 2.85 bits per heavy atom. The normalized spacial score (nSPS) is 15.5. The Labute approximate surface area is 195 Å². The van der Waals surface area contributed by atoms with Gasteiger partial charge in [-0.1, -0.05) is 30.3 Å². The smallest absolute Gasteiger partial charge is 0.262 e. The molecule has 0 amide bonds. The Bertz CT molecular complexity index is 1330. The molecular formula is C26H26FN3O2S. The van der Waals surface area contributed by atoms with Crippen molar-refractivity contribution >= 4 is 21.6 Å². The highest BCUT2D eigenvalue weighted by molar-refractivity contribution is 7.18. The van der Waals surface area contributed by atoms with Gasteiger partial charge in [-0.3, -0.25) is 9.36 Å². The van der Waals surface area contributed by atoms with Crippen molar-refractivity contribution in [1.29, 1.82) is 0 Å². The van der Waals surface area contributed by atoms with Gasteiger partial charge < -0.3 is 10.1 Å². The zero-order chi connectivity index (χ0) is 22.8. The fourth-order valence-corrected chi connectivity index (χ4v) is 5.83. The molecule has 2 aromatic carbocycles. The van der Waals surface area contributed by atoms with Crippen LogP contribution in [0.5, 0.6) is 5.75 Å². The number of fused-ring (bicyclic) bond motifs is 3. The van der Waals surface area contributed by atoms with Crippen LogP contribution in [0.15, 0.2) is 59.7 Å². The zero-order valence-corrected chi connectivity index (χ0v) is 19.3. The lowest BCUT2D eigenvalue weighted by atomic mass is 9.93. The molecule has 0 spiro atoms. The summed E-state index contributed by atoms with van der Waals surface area (Å²) in [5, 5.41) is 4.41. The van der Waals surface area contributed by atoms with Crippen LogP contribution < -0.4 is 15.6 Å². The largest absolute Gasteiger partial charge is 0.496 e. The first kappa shape index (κ1) is 21.8. The predicted molar refractivity (Wildman–Crippen MR) is 130 cm³/mol. The summed E-state index contributed by atoms with van der Waals surface area (Å²) in [6.45, 7) is 1.28. The Morgan fingerprint density at radius 2 is 2.03 bits per heavy atom. The average molecular weight is 464 g/mol. The molecule has 4 aromatic rings. The molecular weight excluding hydrogens is 437 g/mol. The van der Waals surface area contributed by atoms with Crippen molar-refractivity contribution in [3.05, 3.63) is 92.6 Å². The van der Waals surface area contributed by atoms with Crippen LogP contribution in [0.1, 0.15) is 28.0 Å². The number of hydrogen-bond donors (Lipinski definition) is 1.